The molecule has 44 heavy (non-hydrogen) atoms. The molecule has 0 aromatic carbocycles. The molecule has 0 aliphatic rings. The number of rotatable bonds is 14. The number of hydrogen-bond acceptors (Lipinski definition) is 6. The van der Waals surface area contributed by atoms with Crippen LogP contribution in [0.2, 0.25) is 0 Å². The van der Waals surface area contributed by atoms with E-state index < -0.39 is 0 Å². The lowest BCUT2D eigenvalue weighted by molar-refractivity contribution is 0.126. The number of aromatic nitrogens is 8. The first-order valence-corrected chi connectivity index (χ1v) is 16.3. The van der Waals surface area contributed by atoms with Crippen LogP contribution in [0.25, 0.3) is 0 Å². The van der Waals surface area contributed by atoms with Gasteiger partial charge in [-0.3, -0.25) is 0 Å². The van der Waals surface area contributed by atoms with Crippen molar-refractivity contribution in [3.63, 3.8) is 0 Å². The van der Waals surface area contributed by atoms with Crippen LogP contribution in [0.5, 0.6) is 0 Å². The standard InChI is InChI=1S/C9H16N2O.C9H16N2.C8H15N3.C8H14N2/c1-3-7-12-8-6-11-5-4-10-9(11)2;1-3-4-5-7-11-8-6-10-9(11)2;1-7-10-4-5-11(7)6-8(2,3)9;1-3-4-6-10-7-5-9-8(10)2/h4-5H,3,6-8H2,1-2H3;6,8H,3-5,7H2,1-2H3;4-5H,6,9H2,1-3H3;5,7H,3-4,6H2,1-2H3. The summed E-state index contributed by atoms with van der Waals surface area (Å²) in [5, 5.41) is 0. The molecule has 0 saturated heterocycles. The average molecular weight is 612 g/mol. The largest absolute Gasteiger partial charge is 0.380 e. The van der Waals surface area contributed by atoms with Crippen LogP contribution >= 0.6 is 0 Å². The summed E-state index contributed by atoms with van der Waals surface area (Å²) in [5.74, 6) is 4.31. The van der Waals surface area contributed by atoms with Crippen LogP contribution in [0.1, 0.15) is 96.4 Å². The van der Waals surface area contributed by atoms with E-state index in [0.717, 1.165) is 69.1 Å². The molecule has 0 atom stereocenters. The van der Waals surface area contributed by atoms with Gasteiger partial charge in [0.2, 0.25) is 0 Å². The molecular weight excluding hydrogens is 550 g/mol. The van der Waals surface area contributed by atoms with E-state index in [4.69, 9.17) is 10.5 Å². The Morgan fingerprint density at radius 2 is 0.977 bits per heavy atom. The van der Waals surface area contributed by atoms with Gasteiger partial charge in [-0.2, -0.15) is 0 Å². The molecular formula is C34H61N9O. The summed E-state index contributed by atoms with van der Waals surface area (Å²) in [6, 6.07) is 0. The quantitative estimate of drug-likeness (QED) is 0.155. The van der Waals surface area contributed by atoms with Crippen LogP contribution in [-0.4, -0.2) is 57.0 Å². The molecule has 4 aromatic rings. The maximum Gasteiger partial charge on any atom is 0.105 e. The third kappa shape index (κ3) is 17.2. The van der Waals surface area contributed by atoms with Gasteiger partial charge in [0.15, 0.2) is 0 Å². The summed E-state index contributed by atoms with van der Waals surface area (Å²) in [5.41, 5.74) is 5.69. The number of unbranched alkanes of at least 4 members (excludes halogenated alkanes) is 3. The van der Waals surface area contributed by atoms with Crippen LogP contribution in [0.4, 0.5) is 0 Å². The topological polar surface area (TPSA) is 107 Å². The number of ether oxygens (including phenoxy) is 1. The van der Waals surface area contributed by atoms with E-state index in [-0.39, 0.29) is 5.54 Å². The summed E-state index contributed by atoms with van der Waals surface area (Å²) in [4.78, 5) is 16.5. The molecule has 10 heteroatoms. The Balaban J connectivity index is 0.000000294. The predicted molar refractivity (Wildman–Crippen MR) is 182 cm³/mol. The van der Waals surface area contributed by atoms with Crippen molar-refractivity contribution in [3.8, 4) is 0 Å². The minimum atomic E-state index is -0.161. The lowest BCUT2D eigenvalue weighted by atomic mass is 10.1. The normalized spacial score (nSPS) is 10.8. The van der Waals surface area contributed by atoms with Crippen LogP contribution in [0, 0.1) is 27.7 Å². The molecule has 0 radical (unpaired) electrons. The SMILES string of the molecule is CCCCCn1ccnc1C.CCCCn1ccnc1C.CCCOCCn1ccnc1C.Cc1nccn1CC(C)(C)N. The van der Waals surface area contributed by atoms with Crippen LogP contribution in [0.3, 0.4) is 0 Å². The van der Waals surface area contributed by atoms with Crippen LogP contribution in [-0.2, 0) is 30.9 Å². The molecule has 2 N–H and O–H groups in total. The number of aryl methyl sites for hydroxylation is 6. The number of nitrogens with two attached hydrogens (primary N) is 1. The van der Waals surface area contributed by atoms with E-state index in [9.17, 15) is 0 Å². The van der Waals surface area contributed by atoms with Crippen LogP contribution < -0.4 is 5.73 Å². The van der Waals surface area contributed by atoms with Gasteiger partial charge in [-0.15, -0.1) is 0 Å². The van der Waals surface area contributed by atoms with Gasteiger partial charge in [-0.1, -0.05) is 40.0 Å². The summed E-state index contributed by atoms with van der Waals surface area (Å²) < 4.78 is 13.9. The van der Waals surface area contributed by atoms with Crippen molar-refractivity contribution >= 4 is 0 Å². The molecule has 0 fully saturated rings. The lowest BCUT2D eigenvalue weighted by Gasteiger charge is -2.19. The molecule has 4 aromatic heterocycles. The number of nitrogens with zero attached hydrogens (tertiary/aromatic N) is 8. The molecule has 0 spiro atoms. The molecule has 0 bridgehead atoms. The zero-order valence-corrected chi connectivity index (χ0v) is 29.2. The van der Waals surface area contributed by atoms with E-state index in [0.29, 0.717) is 0 Å². The Morgan fingerprint density at radius 3 is 1.34 bits per heavy atom. The Kier molecular flexibility index (Phi) is 19.7. The minimum absolute atomic E-state index is 0.161. The highest BCUT2D eigenvalue weighted by atomic mass is 16.5. The second kappa shape index (κ2) is 22.3. The van der Waals surface area contributed by atoms with Crippen molar-refractivity contribution < 1.29 is 4.74 Å². The third-order valence-electron chi connectivity index (χ3n) is 6.85. The van der Waals surface area contributed by atoms with E-state index >= 15 is 0 Å². The summed E-state index contributed by atoms with van der Waals surface area (Å²) >= 11 is 0. The van der Waals surface area contributed by atoms with Crippen molar-refractivity contribution in [3.05, 3.63) is 72.9 Å². The summed E-state index contributed by atoms with van der Waals surface area (Å²) in [6.07, 6.45) is 22.8. The predicted octanol–water partition coefficient (Wildman–Crippen LogP) is 6.92. The van der Waals surface area contributed by atoms with Gasteiger partial charge in [0.25, 0.3) is 0 Å². The van der Waals surface area contributed by atoms with Gasteiger partial charge >= 0.3 is 0 Å². The Labute approximate surface area is 267 Å². The zero-order chi connectivity index (χ0) is 32.8. The van der Waals surface area contributed by atoms with E-state index in [1.54, 1.807) is 6.20 Å². The minimum Gasteiger partial charge on any atom is -0.380 e. The zero-order valence-electron chi connectivity index (χ0n) is 29.2. The van der Waals surface area contributed by atoms with Gasteiger partial charge < -0.3 is 28.7 Å². The van der Waals surface area contributed by atoms with E-state index in [1.165, 1.54) is 32.1 Å². The van der Waals surface area contributed by atoms with Crippen LogP contribution in [0.15, 0.2) is 49.6 Å². The maximum absolute atomic E-state index is 5.85. The van der Waals surface area contributed by atoms with Gasteiger partial charge in [-0.25, -0.2) is 19.9 Å². The third-order valence-corrected chi connectivity index (χ3v) is 6.85. The van der Waals surface area contributed by atoms with E-state index in [2.05, 4.69) is 59.0 Å². The summed E-state index contributed by atoms with van der Waals surface area (Å²) in [6.45, 7) is 24.2. The monoisotopic (exact) mass is 611 g/mol. The first-order chi connectivity index (χ1) is 21.0. The second-order valence-electron chi connectivity index (χ2n) is 11.8. The molecule has 0 unspecified atom stereocenters. The first-order valence-electron chi connectivity index (χ1n) is 16.3. The van der Waals surface area contributed by atoms with Crippen molar-refractivity contribution in [1.29, 1.82) is 0 Å². The highest BCUT2D eigenvalue weighted by Crippen LogP contribution is 2.04. The molecule has 4 heterocycles. The number of imidazole rings is 4. The highest BCUT2D eigenvalue weighted by Gasteiger charge is 2.11. The maximum atomic E-state index is 5.85. The van der Waals surface area contributed by atoms with Gasteiger partial charge in [0, 0.05) is 87.9 Å². The first kappa shape index (κ1) is 38.8. The molecule has 10 nitrogen and oxygen atoms in total. The second-order valence-corrected chi connectivity index (χ2v) is 11.8. The molecule has 0 saturated carbocycles. The Hall–Kier alpha value is -3.24. The Bertz CT molecular complexity index is 1230. The molecule has 4 rings (SSSR count). The van der Waals surface area contributed by atoms with E-state index in [1.807, 2.05) is 84.9 Å². The van der Waals surface area contributed by atoms with Crippen molar-refractivity contribution in [2.24, 2.45) is 5.73 Å². The number of hydrogen-bond donors (Lipinski definition) is 1. The summed E-state index contributed by atoms with van der Waals surface area (Å²) in [7, 11) is 0. The molecule has 248 valence electrons. The highest BCUT2D eigenvalue weighted by molar-refractivity contribution is 4.91. The lowest BCUT2D eigenvalue weighted by Crippen LogP contribution is -2.37. The smallest absolute Gasteiger partial charge is 0.105 e. The van der Waals surface area contributed by atoms with Gasteiger partial charge in [0.1, 0.15) is 23.3 Å². The fourth-order valence-corrected chi connectivity index (χ4v) is 4.20. The van der Waals surface area contributed by atoms with Crippen molar-refractivity contribution in [1.82, 2.24) is 38.2 Å². The van der Waals surface area contributed by atoms with Gasteiger partial charge in [-0.05, 0) is 60.8 Å². The van der Waals surface area contributed by atoms with Crippen molar-refractivity contribution in [2.45, 2.75) is 133 Å². The fourth-order valence-electron chi connectivity index (χ4n) is 4.20. The molecule has 0 aliphatic heterocycles. The Morgan fingerprint density at radius 1 is 0.568 bits per heavy atom. The molecule has 0 aliphatic carbocycles. The average Bonchev–Trinajstić information content (AvgIpc) is 3.78. The van der Waals surface area contributed by atoms with Crippen molar-refractivity contribution in [2.75, 3.05) is 13.2 Å². The fraction of sp³-hybridized carbons (Fsp3) is 0.647. The van der Waals surface area contributed by atoms with Gasteiger partial charge in [0.05, 0.1) is 6.61 Å². The molecule has 0 amide bonds.